The van der Waals surface area contributed by atoms with Crippen LogP contribution in [0.15, 0.2) is 52.5 Å². The second-order valence-corrected chi connectivity index (χ2v) is 6.73. The van der Waals surface area contributed by atoms with E-state index in [-0.39, 0.29) is 5.56 Å². The number of benzene rings is 1. The van der Waals surface area contributed by atoms with Gasteiger partial charge in [0.1, 0.15) is 0 Å². The number of rotatable bonds is 6. The third-order valence-electron chi connectivity index (χ3n) is 4.10. The first-order chi connectivity index (χ1) is 13.0. The minimum Gasteiger partial charge on any atom is -0.493 e. The number of pyridine rings is 1. The lowest BCUT2D eigenvalue weighted by Crippen LogP contribution is -2.19. The van der Waals surface area contributed by atoms with Crippen molar-refractivity contribution in [2.45, 2.75) is 18.6 Å². The molecule has 2 heterocycles. The number of aromatic nitrogens is 3. The van der Waals surface area contributed by atoms with Gasteiger partial charge < -0.3 is 14.0 Å². The van der Waals surface area contributed by atoms with Gasteiger partial charge in [0, 0.05) is 23.5 Å². The van der Waals surface area contributed by atoms with E-state index in [9.17, 15) is 4.79 Å². The Hall–Kier alpha value is -2.80. The average molecular weight is 383 g/mol. The van der Waals surface area contributed by atoms with Crippen molar-refractivity contribution in [1.82, 2.24) is 14.5 Å². The molecule has 0 N–H and O–H groups in total. The van der Waals surface area contributed by atoms with Crippen LogP contribution in [0.25, 0.3) is 11.3 Å². The molecule has 0 aliphatic rings. The van der Waals surface area contributed by atoms with Crippen LogP contribution in [0.2, 0.25) is 0 Å². The molecule has 0 radical (unpaired) electrons. The molecule has 27 heavy (non-hydrogen) atoms. The normalized spacial score (nSPS) is 10.7. The molecule has 0 amide bonds. The summed E-state index contributed by atoms with van der Waals surface area (Å²) in [6.45, 7) is 2.36. The average Bonchev–Trinajstić information content (AvgIpc) is 2.68. The van der Waals surface area contributed by atoms with Crippen LogP contribution in [0.5, 0.6) is 11.5 Å². The second-order valence-electron chi connectivity index (χ2n) is 5.95. The maximum atomic E-state index is 12.3. The van der Waals surface area contributed by atoms with Crippen LogP contribution in [-0.2, 0) is 6.54 Å². The SMILES string of the molecule is COc1ccc(Cn2cc(-c3cc(C)nc(SC)n3)ccc2=O)cc1OC. The molecule has 7 heteroatoms. The lowest BCUT2D eigenvalue weighted by atomic mass is 10.1. The fourth-order valence-corrected chi connectivity index (χ4v) is 3.19. The van der Waals surface area contributed by atoms with Crippen LogP contribution >= 0.6 is 11.8 Å². The van der Waals surface area contributed by atoms with E-state index in [1.807, 2.05) is 43.6 Å². The van der Waals surface area contributed by atoms with Gasteiger partial charge in [0.05, 0.1) is 26.5 Å². The largest absolute Gasteiger partial charge is 0.493 e. The molecular weight excluding hydrogens is 362 g/mol. The molecule has 1 aromatic carbocycles. The maximum Gasteiger partial charge on any atom is 0.250 e. The zero-order valence-corrected chi connectivity index (χ0v) is 16.5. The van der Waals surface area contributed by atoms with Crippen molar-refractivity contribution in [3.05, 3.63) is 64.2 Å². The number of hydrogen-bond acceptors (Lipinski definition) is 6. The zero-order chi connectivity index (χ0) is 19.4. The molecule has 0 atom stereocenters. The highest BCUT2D eigenvalue weighted by Crippen LogP contribution is 2.28. The highest BCUT2D eigenvalue weighted by atomic mass is 32.2. The van der Waals surface area contributed by atoms with Gasteiger partial charge in [-0.25, -0.2) is 9.97 Å². The van der Waals surface area contributed by atoms with Crippen molar-refractivity contribution in [3.63, 3.8) is 0 Å². The lowest BCUT2D eigenvalue weighted by Gasteiger charge is -2.12. The van der Waals surface area contributed by atoms with Crippen molar-refractivity contribution >= 4 is 11.8 Å². The predicted molar refractivity (Wildman–Crippen MR) is 107 cm³/mol. The smallest absolute Gasteiger partial charge is 0.250 e. The Kier molecular flexibility index (Phi) is 5.81. The Labute approximate surface area is 162 Å². The first-order valence-electron chi connectivity index (χ1n) is 8.35. The predicted octanol–water partition coefficient (Wildman–Crippen LogP) is 3.40. The van der Waals surface area contributed by atoms with Crippen LogP contribution in [0.1, 0.15) is 11.3 Å². The highest BCUT2D eigenvalue weighted by molar-refractivity contribution is 7.98. The van der Waals surface area contributed by atoms with Crippen LogP contribution in [0, 0.1) is 6.92 Å². The minimum atomic E-state index is -0.0793. The van der Waals surface area contributed by atoms with E-state index >= 15 is 0 Å². The summed E-state index contributed by atoms with van der Waals surface area (Å²) in [5.41, 5.74) is 3.42. The van der Waals surface area contributed by atoms with Crippen molar-refractivity contribution in [2.24, 2.45) is 0 Å². The Morgan fingerprint density at radius 1 is 1.04 bits per heavy atom. The van der Waals surface area contributed by atoms with E-state index < -0.39 is 0 Å². The van der Waals surface area contributed by atoms with E-state index in [0.29, 0.717) is 23.2 Å². The number of thioether (sulfide) groups is 1. The summed E-state index contributed by atoms with van der Waals surface area (Å²) in [7, 11) is 3.19. The van der Waals surface area contributed by atoms with Crippen molar-refractivity contribution in [2.75, 3.05) is 20.5 Å². The Bertz CT molecular complexity index is 1020. The van der Waals surface area contributed by atoms with E-state index in [0.717, 1.165) is 22.5 Å². The second kappa shape index (κ2) is 8.26. The van der Waals surface area contributed by atoms with Gasteiger partial charge >= 0.3 is 0 Å². The molecule has 2 aromatic heterocycles. The Morgan fingerprint density at radius 3 is 2.52 bits per heavy atom. The molecule has 3 rings (SSSR count). The molecule has 140 valence electrons. The summed E-state index contributed by atoms with van der Waals surface area (Å²) in [6, 6.07) is 10.9. The van der Waals surface area contributed by atoms with Crippen molar-refractivity contribution in [1.29, 1.82) is 0 Å². The van der Waals surface area contributed by atoms with Gasteiger partial charge in [0.25, 0.3) is 5.56 Å². The van der Waals surface area contributed by atoms with Crippen molar-refractivity contribution in [3.8, 4) is 22.8 Å². The summed E-state index contributed by atoms with van der Waals surface area (Å²) in [5, 5.41) is 0.711. The first kappa shape index (κ1) is 19.0. The van der Waals surface area contributed by atoms with Crippen LogP contribution in [0.4, 0.5) is 0 Å². The summed E-state index contributed by atoms with van der Waals surface area (Å²) in [6.07, 6.45) is 3.77. The standard InChI is InChI=1S/C20H21N3O3S/c1-13-9-16(22-20(21-13)27-4)15-6-8-19(24)23(12-15)11-14-5-7-17(25-2)18(10-14)26-3/h5-10,12H,11H2,1-4H3. The van der Waals surface area contributed by atoms with Gasteiger partial charge in [-0.1, -0.05) is 17.8 Å². The van der Waals surface area contributed by atoms with Gasteiger partial charge in [-0.3, -0.25) is 4.79 Å². The summed E-state index contributed by atoms with van der Waals surface area (Å²) in [4.78, 5) is 21.3. The number of methoxy groups -OCH3 is 2. The maximum absolute atomic E-state index is 12.3. The minimum absolute atomic E-state index is 0.0793. The highest BCUT2D eigenvalue weighted by Gasteiger charge is 2.09. The van der Waals surface area contributed by atoms with Gasteiger partial charge in [-0.2, -0.15) is 0 Å². The Morgan fingerprint density at radius 2 is 1.81 bits per heavy atom. The molecule has 0 aliphatic heterocycles. The molecule has 0 saturated heterocycles. The molecule has 0 spiro atoms. The van der Waals surface area contributed by atoms with Crippen LogP contribution < -0.4 is 15.0 Å². The molecule has 0 saturated carbocycles. The third kappa shape index (κ3) is 4.31. The Balaban J connectivity index is 1.97. The summed E-state index contributed by atoms with van der Waals surface area (Å²) in [5.74, 6) is 1.29. The van der Waals surface area contributed by atoms with E-state index in [1.54, 1.807) is 30.9 Å². The fourth-order valence-electron chi connectivity index (χ4n) is 2.76. The topological polar surface area (TPSA) is 66.2 Å². The number of hydrogen-bond donors (Lipinski definition) is 0. The van der Waals surface area contributed by atoms with Crippen molar-refractivity contribution < 1.29 is 9.47 Å². The third-order valence-corrected chi connectivity index (χ3v) is 4.64. The van der Waals surface area contributed by atoms with Gasteiger partial charge in [-0.05, 0) is 43.0 Å². The molecular formula is C20H21N3O3S. The van der Waals surface area contributed by atoms with Crippen LogP contribution in [-0.4, -0.2) is 35.0 Å². The lowest BCUT2D eigenvalue weighted by molar-refractivity contribution is 0.354. The number of nitrogens with zero attached hydrogens (tertiary/aromatic N) is 3. The van der Waals surface area contributed by atoms with E-state index in [4.69, 9.17) is 9.47 Å². The van der Waals surface area contributed by atoms with Gasteiger partial charge in [0.2, 0.25) is 0 Å². The van der Waals surface area contributed by atoms with Gasteiger partial charge in [0.15, 0.2) is 16.7 Å². The van der Waals surface area contributed by atoms with Gasteiger partial charge in [-0.15, -0.1) is 0 Å². The van der Waals surface area contributed by atoms with Crippen LogP contribution in [0.3, 0.4) is 0 Å². The molecule has 6 nitrogen and oxygen atoms in total. The van der Waals surface area contributed by atoms with E-state index in [1.165, 1.54) is 11.8 Å². The monoisotopic (exact) mass is 383 g/mol. The molecule has 0 fully saturated rings. The zero-order valence-electron chi connectivity index (χ0n) is 15.7. The number of ether oxygens (including phenoxy) is 2. The quantitative estimate of drug-likeness (QED) is 0.480. The summed E-state index contributed by atoms with van der Waals surface area (Å²) < 4.78 is 12.3. The van der Waals surface area contributed by atoms with E-state index in [2.05, 4.69) is 9.97 Å². The summed E-state index contributed by atoms with van der Waals surface area (Å²) >= 11 is 1.49. The molecule has 0 bridgehead atoms. The fraction of sp³-hybridized carbons (Fsp3) is 0.250. The molecule has 0 unspecified atom stereocenters. The first-order valence-corrected chi connectivity index (χ1v) is 9.58. The molecule has 3 aromatic rings. The number of aryl methyl sites for hydroxylation is 1. The molecule has 0 aliphatic carbocycles.